The average molecular weight is 306 g/mol. The van der Waals surface area contributed by atoms with E-state index in [0.29, 0.717) is 18.4 Å². The normalized spacial score (nSPS) is 12.3. The predicted octanol–water partition coefficient (Wildman–Crippen LogP) is 2.74. The summed E-state index contributed by atoms with van der Waals surface area (Å²) in [6, 6.07) is 1.88. The predicted molar refractivity (Wildman–Crippen MR) is 80.2 cm³/mol. The van der Waals surface area contributed by atoms with Crippen LogP contribution in [0, 0.1) is 0 Å². The van der Waals surface area contributed by atoms with Gasteiger partial charge in [-0.05, 0) is 38.8 Å². The smallest absolute Gasteiger partial charge is 0.330 e. The van der Waals surface area contributed by atoms with Crippen molar-refractivity contribution in [2.45, 2.75) is 26.7 Å². The quantitative estimate of drug-likeness (QED) is 0.278. The number of carboxylic acid groups (broad SMARTS) is 1. The van der Waals surface area contributed by atoms with E-state index in [1.807, 2.05) is 0 Å². The molecule has 0 bridgehead atoms. The zero-order chi connectivity index (χ0) is 16.9. The molecule has 4 N–H and O–H groups in total. The molecule has 1 aromatic rings. The summed E-state index contributed by atoms with van der Waals surface area (Å²) < 4.78 is 0. The maximum absolute atomic E-state index is 12.0. The molecule has 0 unspecified atom stereocenters. The second-order valence-electron chi connectivity index (χ2n) is 4.94. The molecule has 0 saturated heterocycles. The van der Waals surface area contributed by atoms with E-state index in [1.54, 1.807) is 13.0 Å². The largest absolute Gasteiger partial charge is 0.507 e. The molecule has 6 heteroatoms. The Labute approximate surface area is 127 Å². The number of aliphatic carboxylic acids is 1. The third-order valence-corrected chi connectivity index (χ3v) is 3.06. The van der Waals surface area contributed by atoms with E-state index < -0.39 is 29.0 Å². The minimum atomic E-state index is -0.984. The van der Waals surface area contributed by atoms with Gasteiger partial charge in [-0.3, -0.25) is 4.79 Å². The van der Waals surface area contributed by atoms with Crippen molar-refractivity contribution in [1.29, 1.82) is 0 Å². The SMILES string of the molecule is CC(=CC(=O)c1cc(O)c(O)cc1O)CCC=C(C)C(=O)O. The van der Waals surface area contributed by atoms with Gasteiger partial charge >= 0.3 is 5.97 Å². The Bertz CT molecular complexity index is 655. The van der Waals surface area contributed by atoms with Gasteiger partial charge in [0, 0.05) is 11.6 Å². The van der Waals surface area contributed by atoms with Crippen LogP contribution in [-0.2, 0) is 4.79 Å². The number of allylic oxidation sites excluding steroid dienone is 3. The van der Waals surface area contributed by atoms with Gasteiger partial charge in [0.1, 0.15) is 5.75 Å². The van der Waals surface area contributed by atoms with Crippen LogP contribution in [0.25, 0.3) is 0 Å². The number of phenols is 3. The summed E-state index contributed by atoms with van der Waals surface area (Å²) in [5, 5.41) is 36.9. The molecule has 0 aliphatic carbocycles. The molecule has 1 rings (SSSR count). The lowest BCUT2D eigenvalue weighted by molar-refractivity contribution is -0.132. The van der Waals surface area contributed by atoms with Crippen molar-refractivity contribution in [3.63, 3.8) is 0 Å². The summed E-state index contributed by atoms with van der Waals surface area (Å²) in [4.78, 5) is 22.6. The van der Waals surface area contributed by atoms with E-state index in [1.165, 1.54) is 13.0 Å². The van der Waals surface area contributed by atoms with Gasteiger partial charge < -0.3 is 20.4 Å². The van der Waals surface area contributed by atoms with Crippen molar-refractivity contribution >= 4 is 11.8 Å². The van der Waals surface area contributed by atoms with Crippen molar-refractivity contribution in [3.8, 4) is 17.2 Å². The Morgan fingerprint density at radius 1 is 1.05 bits per heavy atom. The third kappa shape index (κ3) is 4.66. The van der Waals surface area contributed by atoms with Crippen LogP contribution in [-0.4, -0.2) is 32.2 Å². The molecule has 0 radical (unpaired) electrons. The number of carboxylic acids is 1. The van der Waals surface area contributed by atoms with Gasteiger partial charge in [-0.15, -0.1) is 0 Å². The maximum Gasteiger partial charge on any atom is 0.330 e. The van der Waals surface area contributed by atoms with Gasteiger partial charge in [-0.2, -0.15) is 0 Å². The van der Waals surface area contributed by atoms with Gasteiger partial charge in [-0.1, -0.05) is 11.6 Å². The zero-order valence-corrected chi connectivity index (χ0v) is 12.3. The molecule has 0 aromatic heterocycles. The highest BCUT2D eigenvalue weighted by Gasteiger charge is 2.13. The lowest BCUT2D eigenvalue weighted by Crippen LogP contribution is -1.97. The Kier molecular flexibility index (Phi) is 5.74. The van der Waals surface area contributed by atoms with E-state index in [0.717, 1.165) is 12.1 Å². The van der Waals surface area contributed by atoms with Gasteiger partial charge in [0.15, 0.2) is 17.3 Å². The summed E-state index contributed by atoms with van der Waals surface area (Å²) in [7, 11) is 0. The number of carbonyl (C=O) groups excluding carboxylic acids is 1. The van der Waals surface area contributed by atoms with E-state index in [9.17, 15) is 24.9 Å². The fourth-order valence-electron chi connectivity index (χ4n) is 1.74. The third-order valence-electron chi connectivity index (χ3n) is 3.06. The van der Waals surface area contributed by atoms with E-state index in [4.69, 9.17) is 5.11 Å². The molecule has 0 saturated carbocycles. The van der Waals surface area contributed by atoms with Gasteiger partial charge in [0.05, 0.1) is 5.56 Å². The summed E-state index contributed by atoms with van der Waals surface area (Å²) >= 11 is 0. The molecule has 118 valence electrons. The summed E-state index contributed by atoms with van der Waals surface area (Å²) in [5.41, 5.74) is 0.818. The van der Waals surface area contributed by atoms with Crippen LogP contribution in [0.2, 0.25) is 0 Å². The molecule has 0 aliphatic rings. The molecule has 6 nitrogen and oxygen atoms in total. The Hall–Kier alpha value is -2.76. The summed E-state index contributed by atoms with van der Waals surface area (Å²) in [6.07, 6.45) is 3.82. The van der Waals surface area contributed by atoms with Crippen LogP contribution < -0.4 is 0 Å². The molecule has 22 heavy (non-hydrogen) atoms. The van der Waals surface area contributed by atoms with Gasteiger partial charge in [0.2, 0.25) is 0 Å². The number of hydrogen-bond acceptors (Lipinski definition) is 5. The second-order valence-corrected chi connectivity index (χ2v) is 4.94. The maximum atomic E-state index is 12.0. The molecule has 0 spiro atoms. The van der Waals surface area contributed by atoms with Crippen LogP contribution in [0.4, 0.5) is 0 Å². The van der Waals surface area contributed by atoms with Crippen LogP contribution >= 0.6 is 0 Å². The molecule has 1 aromatic carbocycles. The highest BCUT2D eigenvalue weighted by Crippen LogP contribution is 2.32. The Morgan fingerprint density at radius 3 is 2.23 bits per heavy atom. The van der Waals surface area contributed by atoms with Crippen LogP contribution in [0.5, 0.6) is 17.2 Å². The van der Waals surface area contributed by atoms with Crippen LogP contribution in [0.15, 0.2) is 35.4 Å². The second kappa shape index (κ2) is 7.31. The Balaban J connectivity index is 2.80. The highest BCUT2D eigenvalue weighted by atomic mass is 16.4. The average Bonchev–Trinajstić information content (AvgIpc) is 2.42. The molecule has 0 fully saturated rings. The minimum absolute atomic E-state index is 0.119. The van der Waals surface area contributed by atoms with Crippen molar-refractivity contribution in [2.75, 3.05) is 0 Å². The molecule has 0 amide bonds. The number of benzene rings is 1. The number of phenolic OH excluding ortho intramolecular Hbond substituents is 3. The lowest BCUT2D eigenvalue weighted by atomic mass is 10.0. The standard InChI is InChI=1S/C16H18O6/c1-9(4-3-5-10(2)16(21)22)6-12(17)11-7-14(19)15(20)8-13(11)18/h5-8,18-20H,3-4H2,1-2H3,(H,21,22). The van der Waals surface area contributed by atoms with Crippen molar-refractivity contribution in [3.05, 3.63) is 41.0 Å². The highest BCUT2D eigenvalue weighted by molar-refractivity contribution is 6.07. The fraction of sp³-hybridized carbons (Fsp3) is 0.250. The van der Waals surface area contributed by atoms with Gasteiger partial charge in [0.25, 0.3) is 0 Å². The number of aromatic hydroxyl groups is 3. The van der Waals surface area contributed by atoms with Crippen molar-refractivity contribution in [1.82, 2.24) is 0 Å². The van der Waals surface area contributed by atoms with Crippen molar-refractivity contribution in [2.24, 2.45) is 0 Å². The lowest BCUT2D eigenvalue weighted by Gasteiger charge is -2.05. The zero-order valence-electron chi connectivity index (χ0n) is 12.3. The van der Waals surface area contributed by atoms with E-state index >= 15 is 0 Å². The number of hydrogen-bond donors (Lipinski definition) is 4. The summed E-state index contributed by atoms with van der Waals surface area (Å²) in [5.74, 6) is -2.92. The first-order valence-corrected chi connectivity index (χ1v) is 6.59. The van der Waals surface area contributed by atoms with Crippen LogP contribution in [0.1, 0.15) is 37.0 Å². The first kappa shape index (κ1) is 17.3. The van der Waals surface area contributed by atoms with E-state index in [-0.39, 0.29) is 11.1 Å². The Morgan fingerprint density at radius 2 is 1.64 bits per heavy atom. The first-order chi connectivity index (χ1) is 10.2. The molecule has 0 atom stereocenters. The fourth-order valence-corrected chi connectivity index (χ4v) is 1.74. The van der Waals surface area contributed by atoms with E-state index in [2.05, 4.69) is 0 Å². The molecule has 0 aliphatic heterocycles. The number of ketones is 1. The minimum Gasteiger partial charge on any atom is -0.507 e. The van der Waals surface area contributed by atoms with Crippen molar-refractivity contribution < 1.29 is 30.0 Å². The molecular weight excluding hydrogens is 288 g/mol. The van der Waals surface area contributed by atoms with Crippen LogP contribution in [0.3, 0.4) is 0 Å². The molecular formula is C16H18O6. The topological polar surface area (TPSA) is 115 Å². The summed E-state index contributed by atoms with van der Waals surface area (Å²) in [6.45, 7) is 3.20. The van der Waals surface area contributed by atoms with Gasteiger partial charge in [-0.25, -0.2) is 4.79 Å². The molecule has 0 heterocycles. The number of rotatable bonds is 6. The number of carbonyl (C=O) groups is 2. The monoisotopic (exact) mass is 306 g/mol. The first-order valence-electron chi connectivity index (χ1n) is 6.59.